The van der Waals surface area contributed by atoms with Gasteiger partial charge in [-0.25, -0.2) is 9.59 Å². The van der Waals surface area contributed by atoms with E-state index in [1.165, 1.54) is 32.4 Å². The number of ether oxygens (including phenoxy) is 3. The smallest absolute Gasteiger partial charge is 0.373 e. The quantitative estimate of drug-likeness (QED) is 0.359. The lowest BCUT2D eigenvalue weighted by molar-refractivity contribution is -0.123. The van der Waals surface area contributed by atoms with Crippen LogP contribution in [0.25, 0.3) is 6.08 Å². The van der Waals surface area contributed by atoms with Crippen LogP contribution < -0.4 is 14.8 Å². The van der Waals surface area contributed by atoms with Gasteiger partial charge in [0.05, 0.1) is 26.9 Å². The van der Waals surface area contributed by atoms with E-state index in [0.717, 1.165) is 11.3 Å². The standard InChI is InChI=1S/C22H23ClN2O7/c1-5-12(2)31-19-13(8-14(23)10-18(19)29-3)9-16-20(26)25(22(28)24-16)11-15-6-7-17(32-15)21(27)30-4/h6-10,12H,5,11H2,1-4H3,(H,24,28)/b16-9-/t12-/m1/s1. The molecule has 2 aromatic rings. The molecule has 1 fully saturated rings. The number of urea groups is 1. The molecule has 1 aromatic heterocycles. The third kappa shape index (κ3) is 4.88. The summed E-state index contributed by atoms with van der Waals surface area (Å²) in [6.07, 6.45) is 2.12. The molecule has 3 amide bonds. The number of amides is 3. The van der Waals surface area contributed by atoms with E-state index in [1.54, 1.807) is 12.1 Å². The van der Waals surface area contributed by atoms with Crippen LogP contribution in [0.4, 0.5) is 4.79 Å². The molecule has 1 saturated heterocycles. The van der Waals surface area contributed by atoms with Crippen LogP contribution in [0, 0.1) is 0 Å². The average molecular weight is 463 g/mol. The van der Waals surface area contributed by atoms with Gasteiger partial charge in [-0.2, -0.15) is 0 Å². The molecule has 170 valence electrons. The number of carbonyl (C=O) groups excluding carboxylic acids is 3. The number of esters is 1. The second-order valence-electron chi connectivity index (χ2n) is 7.00. The minimum Gasteiger partial charge on any atom is -0.493 e. The largest absolute Gasteiger partial charge is 0.493 e. The number of rotatable bonds is 8. The minimum absolute atomic E-state index is 0.0248. The summed E-state index contributed by atoms with van der Waals surface area (Å²) in [7, 11) is 2.71. The summed E-state index contributed by atoms with van der Waals surface area (Å²) in [6, 6.07) is 5.50. The van der Waals surface area contributed by atoms with E-state index >= 15 is 0 Å². The van der Waals surface area contributed by atoms with Crippen molar-refractivity contribution < 1.29 is 33.0 Å². The molecule has 3 rings (SSSR count). The number of carbonyl (C=O) groups is 3. The maximum absolute atomic E-state index is 12.9. The maximum Gasteiger partial charge on any atom is 0.373 e. The Morgan fingerprint density at radius 2 is 2.03 bits per heavy atom. The molecular weight excluding hydrogens is 440 g/mol. The van der Waals surface area contributed by atoms with Crippen molar-refractivity contribution in [1.82, 2.24) is 10.2 Å². The van der Waals surface area contributed by atoms with E-state index in [0.29, 0.717) is 22.1 Å². The third-order valence-corrected chi connectivity index (χ3v) is 5.00. The molecule has 0 bridgehead atoms. The highest BCUT2D eigenvalue weighted by atomic mass is 35.5. The number of methoxy groups -OCH3 is 2. The Hall–Kier alpha value is -3.46. The topological polar surface area (TPSA) is 107 Å². The summed E-state index contributed by atoms with van der Waals surface area (Å²) in [5.41, 5.74) is 0.513. The lowest BCUT2D eigenvalue weighted by Gasteiger charge is -2.18. The first kappa shape index (κ1) is 23.2. The van der Waals surface area contributed by atoms with Gasteiger partial charge in [0.15, 0.2) is 11.5 Å². The molecule has 1 aromatic carbocycles. The van der Waals surface area contributed by atoms with Gasteiger partial charge in [0.2, 0.25) is 5.76 Å². The number of hydrogen-bond acceptors (Lipinski definition) is 7. The van der Waals surface area contributed by atoms with Crippen molar-refractivity contribution in [3.8, 4) is 11.5 Å². The fraction of sp³-hybridized carbons (Fsp3) is 0.318. The molecule has 10 heteroatoms. The average Bonchev–Trinajstić information content (AvgIpc) is 3.35. The van der Waals surface area contributed by atoms with Crippen LogP contribution >= 0.6 is 11.6 Å². The summed E-state index contributed by atoms with van der Waals surface area (Å²) < 4.78 is 21.3. The van der Waals surface area contributed by atoms with Crippen LogP contribution in [0.15, 0.2) is 34.4 Å². The molecule has 0 saturated carbocycles. The first-order valence-electron chi connectivity index (χ1n) is 9.83. The van der Waals surface area contributed by atoms with Gasteiger partial charge in [-0.1, -0.05) is 18.5 Å². The number of halogens is 1. The van der Waals surface area contributed by atoms with Crippen molar-refractivity contribution >= 4 is 35.6 Å². The number of nitrogens with one attached hydrogen (secondary N) is 1. The van der Waals surface area contributed by atoms with Crippen molar-refractivity contribution in [3.63, 3.8) is 0 Å². The zero-order valence-corrected chi connectivity index (χ0v) is 18.8. The van der Waals surface area contributed by atoms with E-state index in [-0.39, 0.29) is 29.9 Å². The van der Waals surface area contributed by atoms with E-state index < -0.39 is 17.9 Å². The van der Waals surface area contributed by atoms with E-state index in [9.17, 15) is 14.4 Å². The van der Waals surface area contributed by atoms with Crippen LogP contribution in [-0.4, -0.2) is 43.1 Å². The van der Waals surface area contributed by atoms with Crippen molar-refractivity contribution in [1.29, 1.82) is 0 Å². The Kier molecular flexibility index (Phi) is 7.09. The van der Waals surface area contributed by atoms with Crippen LogP contribution in [-0.2, 0) is 16.1 Å². The van der Waals surface area contributed by atoms with Crippen LogP contribution in [0.5, 0.6) is 11.5 Å². The zero-order chi connectivity index (χ0) is 23.4. The molecule has 1 atom stereocenters. The summed E-state index contributed by atoms with van der Waals surface area (Å²) in [5.74, 6) is -0.182. The molecule has 0 unspecified atom stereocenters. The molecular formula is C22H23ClN2O7. The van der Waals surface area contributed by atoms with Gasteiger partial charge in [0, 0.05) is 16.7 Å². The predicted octanol–water partition coefficient (Wildman–Crippen LogP) is 4.00. The maximum atomic E-state index is 12.9. The monoisotopic (exact) mass is 462 g/mol. The first-order chi connectivity index (χ1) is 15.3. The van der Waals surface area contributed by atoms with E-state index in [2.05, 4.69) is 10.1 Å². The summed E-state index contributed by atoms with van der Waals surface area (Å²) in [5, 5.41) is 2.92. The fourth-order valence-electron chi connectivity index (χ4n) is 2.96. The van der Waals surface area contributed by atoms with Gasteiger partial charge < -0.3 is 23.9 Å². The van der Waals surface area contributed by atoms with Crippen molar-refractivity contribution in [2.45, 2.75) is 32.9 Å². The summed E-state index contributed by atoms with van der Waals surface area (Å²) >= 11 is 6.20. The normalized spacial score (nSPS) is 15.7. The molecule has 0 radical (unpaired) electrons. The Balaban J connectivity index is 1.89. The molecule has 1 aliphatic heterocycles. The van der Waals surface area contributed by atoms with Crippen molar-refractivity contribution in [2.75, 3.05) is 14.2 Å². The Morgan fingerprint density at radius 3 is 2.69 bits per heavy atom. The van der Waals surface area contributed by atoms with Gasteiger partial charge in [0.25, 0.3) is 5.91 Å². The van der Waals surface area contributed by atoms with Crippen LogP contribution in [0.1, 0.15) is 42.1 Å². The molecule has 2 heterocycles. The lowest BCUT2D eigenvalue weighted by atomic mass is 10.1. The Labute approximate surface area is 189 Å². The van der Waals surface area contributed by atoms with E-state index in [1.807, 2.05) is 13.8 Å². The van der Waals surface area contributed by atoms with Crippen molar-refractivity contribution in [3.05, 3.63) is 52.1 Å². The molecule has 0 aliphatic carbocycles. The number of benzene rings is 1. The second-order valence-corrected chi connectivity index (χ2v) is 7.44. The highest BCUT2D eigenvalue weighted by Crippen LogP contribution is 2.37. The Bertz CT molecular complexity index is 1080. The highest BCUT2D eigenvalue weighted by molar-refractivity contribution is 6.31. The van der Waals surface area contributed by atoms with Crippen molar-refractivity contribution in [2.24, 2.45) is 0 Å². The number of nitrogens with zero attached hydrogens (tertiary/aromatic N) is 1. The number of imide groups is 1. The van der Waals surface area contributed by atoms with Gasteiger partial charge in [-0.15, -0.1) is 0 Å². The molecule has 1 N–H and O–H groups in total. The first-order valence-corrected chi connectivity index (χ1v) is 10.2. The second kappa shape index (κ2) is 9.78. The molecule has 1 aliphatic rings. The van der Waals surface area contributed by atoms with Gasteiger partial charge in [0.1, 0.15) is 11.5 Å². The Morgan fingerprint density at radius 1 is 1.28 bits per heavy atom. The summed E-state index contributed by atoms with van der Waals surface area (Å²) in [4.78, 5) is 37.8. The third-order valence-electron chi connectivity index (χ3n) is 4.79. The highest BCUT2D eigenvalue weighted by Gasteiger charge is 2.35. The molecule has 32 heavy (non-hydrogen) atoms. The van der Waals surface area contributed by atoms with Gasteiger partial charge >= 0.3 is 12.0 Å². The molecule has 9 nitrogen and oxygen atoms in total. The number of hydrogen-bond donors (Lipinski definition) is 1. The lowest BCUT2D eigenvalue weighted by Crippen LogP contribution is -2.30. The van der Waals surface area contributed by atoms with Crippen LogP contribution in [0.3, 0.4) is 0 Å². The van der Waals surface area contributed by atoms with E-state index in [4.69, 9.17) is 25.5 Å². The fourth-order valence-corrected chi connectivity index (χ4v) is 3.17. The van der Waals surface area contributed by atoms with Gasteiger partial charge in [-0.05, 0) is 37.6 Å². The zero-order valence-electron chi connectivity index (χ0n) is 18.1. The minimum atomic E-state index is -0.655. The predicted molar refractivity (Wildman–Crippen MR) is 115 cm³/mol. The van der Waals surface area contributed by atoms with Crippen LogP contribution in [0.2, 0.25) is 5.02 Å². The molecule has 0 spiro atoms. The van der Waals surface area contributed by atoms with Gasteiger partial charge in [-0.3, -0.25) is 9.69 Å². The number of furan rings is 1. The SMILES string of the molecule is CC[C@@H](C)Oc1c(/C=C2\NC(=O)N(Cc3ccc(C(=O)OC)o3)C2=O)cc(Cl)cc1OC. The summed E-state index contributed by atoms with van der Waals surface area (Å²) in [6.45, 7) is 3.72.